The number of ether oxygens (including phenoxy) is 1. The summed E-state index contributed by atoms with van der Waals surface area (Å²) in [6, 6.07) is 9.31. The Morgan fingerprint density at radius 1 is 1.21 bits per heavy atom. The van der Waals surface area contributed by atoms with Gasteiger partial charge in [-0.15, -0.1) is 0 Å². The van der Waals surface area contributed by atoms with Crippen molar-refractivity contribution in [3.05, 3.63) is 88.7 Å². The highest BCUT2D eigenvalue weighted by Crippen LogP contribution is 2.41. The van der Waals surface area contributed by atoms with Gasteiger partial charge in [-0.2, -0.15) is 0 Å². The average Bonchev–Trinajstić information content (AvgIpc) is 3.41. The summed E-state index contributed by atoms with van der Waals surface area (Å²) in [6.45, 7) is 0.739. The Labute approximate surface area is 194 Å². The molecule has 0 saturated carbocycles. The number of aromatic nitrogens is 2. The number of methoxy groups -OCH3 is 1. The van der Waals surface area contributed by atoms with Crippen LogP contribution in [-0.4, -0.2) is 44.9 Å². The van der Waals surface area contributed by atoms with Crippen LogP contribution in [0.3, 0.4) is 0 Å². The Bertz CT molecular complexity index is 1230. The Hall–Kier alpha value is -3.65. The molecule has 9 heteroatoms. The lowest BCUT2D eigenvalue weighted by Gasteiger charge is -2.25. The summed E-state index contributed by atoms with van der Waals surface area (Å²) in [7, 11) is 1.45. The summed E-state index contributed by atoms with van der Waals surface area (Å²) in [6.07, 6.45) is 5.58. The molecule has 1 atom stereocenters. The number of benzene rings is 2. The molecule has 1 aliphatic rings. The molecule has 1 saturated heterocycles. The van der Waals surface area contributed by atoms with Gasteiger partial charge < -0.3 is 19.3 Å². The molecule has 1 unspecified atom stereocenters. The van der Waals surface area contributed by atoms with Gasteiger partial charge in [-0.1, -0.05) is 29.8 Å². The topological polar surface area (TPSA) is 84.7 Å². The summed E-state index contributed by atoms with van der Waals surface area (Å²) in [5, 5.41) is 11.3. The molecular formula is C24H21ClFN3O4. The van der Waals surface area contributed by atoms with Gasteiger partial charge in [0.15, 0.2) is 0 Å². The van der Waals surface area contributed by atoms with E-state index in [-0.39, 0.29) is 28.3 Å². The lowest BCUT2D eigenvalue weighted by Crippen LogP contribution is -2.31. The van der Waals surface area contributed by atoms with E-state index in [1.165, 1.54) is 48.4 Å². The van der Waals surface area contributed by atoms with E-state index < -0.39 is 29.3 Å². The number of ketones is 1. The number of aliphatic hydroxyl groups is 1. The fraction of sp³-hybridized carbons (Fsp3) is 0.208. The number of hydrogen-bond donors (Lipinski definition) is 1. The van der Waals surface area contributed by atoms with Crippen LogP contribution in [0.25, 0.3) is 5.76 Å². The largest absolute Gasteiger partial charge is 0.507 e. The molecule has 33 heavy (non-hydrogen) atoms. The molecule has 1 aliphatic heterocycles. The van der Waals surface area contributed by atoms with Gasteiger partial charge in [0.25, 0.3) is 11.7 Å². The first-order valence-corrected chi connectivity index (χ1v) is 10.6. The van der Waals surface area contributed by atoms with Gasteiger partial charge in [-0.05, 0) is 30.7 Å². The number of halogens is 2. The van der Waals surface area contributed by atoms with Crippen LogP contribution in [0, 0.1) is 5.82 Å². The van der Waals surface area contributed by atoms with E-state index in [9.17, 15) is 19.1 Å². The van der Waals surface area contributed by atoms with E-state index in [1.54, 1.807) is 24.8 Å². The third kappa shape index (κ3) is 4.34. The van der Waals surface area contributed by atoms with E-state index in [2.05, 4.69) is 4.98 Å². The first-order valence-electron chi connectivity index (χ1n) is 10.2. The molecule has 7 nitrogen and oxygen atoms in total. The van der Waals surface area contributed by atoms with Crippen molar-refractivity contribution in [2.24, 2.45) is 0 Å². The van der Waals surface area contributed by atoms with E-state index in [1.807, 2.05) is 4.57 Å². The van der Waals surface area contributed by atoms with Crippen molar-refractivity contribution in [1.82, 2.24) is 14.5 Å². The highest BCUT2D eigenvalue weighted by atomic mass is 35.5. The van der Waals surface area contributed by atoms with Crippen molar-refractivity contribution in [1.29, 1.82) is 0 Å². The van der Waals surface area contributed by atoms with Crippen molar-refractivity contribution in [3.8, 4) is 5.75 Å². The Morgan fingerprint density at radius 3 is 2.67 bits per heavy atom. The van der Waals surface area contributed by atoms with Crippen LogP contribution in [-0.2, 0) is 16.1 Å². The summed E-state index contributed by atoms with van der Waals surface area (Å²) in [5.74, 6) is -2.30. The number of carbonyl (C=O) groups excluding carboxylic acids is 2. The zero-order chi connectivity index (χ0) is 23.5. The van der Waals surface area contributed by atoms with E-state index >= 15 is 0 Å². The molecule has 170 valence electrons. The minimum atomic E-state index is -1.07. The number of likely N-dealkylation sites (tertiary alicyclic amines) is 1. The molecule has 4 rings (SSSR count). The monoisotopic (exact) mass is 469 g/mol. The van der Waals surface area contributed by atoms with Gasteiger partial charge in [-0.3, -0.25) is 9.59 Å². The van der Waals surface area contributed by atoms with Crippen LogP contribution in [0.5, 0.6) is 5.75 Å². The van der Waals surface area contributed by atoms with Gasteiger partial charge in [0.2, 0.25) is 0 Å². The zero-order valence-electron chi connectivity index (χ0n) is 17.7. The lowest BCUT2D eigenvalue weighted by atomic mass is 9.95. The third-order valence-electron chi connectivity index (χ3n) is 5.54. The zero-order valence-corrected chi connectivity index (χ0v) is 18.5. The molecule has 0 radical (unpaired) electrons. The van der Waals surface area contributed by atoms with Crippen LogP contribution >= 0.6 is 11.6 Å². The molecule has 1 amide bonds. The summed E-state index contributed by atoms with van der Waals surface area (Å²) < 4.78 is 21.8. The number of nitrogens with zero attached hydrogens (tertiary/aromatic N) is 3. The maximum absolute atomic E-state index is 14.8. The summed E-state index contributed by atoms with van der Waals surface area (Å²) >= 11 is 6.18. The highest BCUT2D eigenvalue weighted by molar-refractivity contribution is 6.46. The van der Waals surface area contributed by atoms with Gasteiger partial charge in [-0.25, -0.2) is 9.37 Å². The van der Waals surface area contributed by atoms with E-state index in [4.69, 9.17) is 16.3 Å². The Balaban J connectivity index is 1.76. The second-order valence-corrected chi connectivity index (χ2v) is 7.92. The highest BCUT2D eigenvalue weighted by Gasteiger charge is 2.46. The molecule has 1 fully saturated rings. The molecule has 1 N–H and O–H groups in total. The van der Waals surface area contributed by atoms with Gasteiger partial charge in [0.1, 0.15) is 17.3 Å². The fourth-order valence-electron chi connectivity index (χ4n) is 3.94. The fourth-order valence-corrected chi connectivity index (χ4v) is 4.20. The standard InChI is InChI=1S/C24H21ClFN3O4/c1-33-19-8-7-15(13-17(19)25)22(30)20-21(16-5-2-3-6-18(16)26)29(24(32)23(20)31)11-4-10-28-12-9-27-14-28/h2-3,5-9,12-14,21,30H,4,10-11H2,1H3. The second kappa shape index (κ2) is 9.46. The van der Waals surface area contributed by atoms with Crippen LogP contribution in [0.15, 0.2) is 66.8 Å². The maximum atomic E-state index is 14.8. The molecule has 2 aromatic carbocycles. The van der Waals surface area contributed by atoms with Gasteiger partial charge >= 0.3 is 0 Å². The summed E-state index contributed by atoms with van der Waals surface area (Å²) in [5.41, 5.74) is 0.160. The number of Topliss-reactive ketones (excluding diaryl/α,β-unsaturated/α-hetero) is 1. The van der Waals surface area contributed by atoms with Crippen LogP contribution < -0.4 is 4.74 Å². The average molecular weight is 470 g/mol. The minimum absolute atomic E-state index is 0.125. The molecule has 0 aliphatic carbocycles. The minimum Gasteiger partial charge on any atom is -0.507 e. The molecule has 2 heterocycles. The van der Waals surface area contributed by atoms with Crippen molar-refractivity contribution in [2.45, 2.75) is 19.0 Å². The Kier molecular flexibility index (Phi) is 6.46. The first kappa shape index (κ1) is 22.5. The van der Waals surface area contributed by atoms with Gasteiger partial charge in [0.05, 0.1) is 30.1 Å². The number of aryl methyl sites for hydroxylation is 1. The predicted molar refractivity (Wildman–Crippen MR) is 120 cm³/mol. The SMILES string of the molecule is COc1ccc(C(O)=C2C(=O)C(=O)N(CCCn3ccnc3)C2c2ccccc2F)cc1Cl. The molecule has 0 bridgehead atoms. The normalized spacial score (nSPS) is 17.5. The second-order valence-electron chi connectivity index (χ2n) is 7.52. The third-order valence-corrected chi connectivity index (χ3v) is 5.83. The van der Waals surface area contributed by atoms with Crippen LogP contribution in [0.4, 0.5) is 4.39 Å². The number of imidazole rings is 1. The predicted octanol–water partition coefficient (Wildman–Crippen LogP) is 4.20. The van der Waals surface area contributed by atoms with E-state index in [0.717, 1.165) is 0 Å². The number of hydrogen-bond acceptors (Lipinski definition) is 5. The first-order chi connectivity index (χ1) is 15.9. The van der Waals surface area contributed by atoms with E-state index in [0.29, 0.717) is 18.7 Å². The quantitative estimate of drug-likeness (QED) is 0.318. The number of rotatable bonds is 7. The Morgan fingerprint density at radius 2 is 2.00 bits per heavy atom. The van der Waals surface area contributed by atoms with Crippen LogP contribution in [0.2, 0.25) is 5.02 Å². The maximum Gasteiger partial charge on any atom is 0.295 e. The van der Waals surface area contributed by atoms with Crippen molar-refractivity contribution < 1.29 is 23.8 Å². The molecule has 1 aromatic heterocycles. The van der Waals surface area contributed by atoms with Crippen molar-refractivity contribution in [2.75, 3.05) is 13.7 Å². The number of aliphatic hydroxyl groups excluding tert-OH is 1. The lowest BCUT2D eigenvalue weighted by molar-refractivity contribution is -0.140. The van der Waals surface area contributed by atoms with Crippen LogP contribution in [0.1, 0.15) is 23.6 Å². The smallest absolute Gasteiger partial charge is 0.295 e. The van der Waals surface area contributed by atoms with Crippen molar-refractivity contribution in [3.63, 3.8) is 0 Å². The molecule has 0 spiro atoms. The van der Waals surface area contributed by atoms with Crippen molar-refractivity contribution >= 4 is 29.1 Å². The molecular weight excluding hydrogens is 449 g/mol. The molecule has 3 aromatic rings. The van der Waals surface area contributed by atoms with Gasteiger partial charge in [0, 0.05) is 36.6 Å². The summed E-state index contributed by atoms with van der Waals surface area (Å²) in [4.78, 5) is 31.3. The number of carbonyl (C=O) groups is 2. The number of amides is 1.